The van der Waals surface area contributed by atoms with Crippen molar-refractivity contribution in [2.24, 2.45) is 0 Å². The number of rotatable bonds is 5. The average molecular weight is 546 g/mol. The normalized spacial score (nSPS) is 10.6. The van der Waals surface area contributed by atoms with Crippen LogP contribution in [0.4, 0.5) is 10.8 Å². The molecule has 0 unspecified atom stereocenters. The van der Waals surface area contributed by atoms with E-state index in [0.29, 0.717) is 0 Å². The minimum absolute atomic E-state index is 0. The van der Waals surface area contributed by atoms with Gasteiger partial charge in [-0.1, -0.05) is 101 Å². The van der Waals surface area contributed by atoms with Crippen LogP contribution in [0.1, 0.15) is 56.5 Å². The van der Waals surface area contributed by atoms with Crippen LogP contribution in [0.5, 0.6) is 0 Å². The molecular weight excluding hydrogens is 509 g/mol. The molecule has 3 aromatic carbocycles. The van der Waals surface area contributed by atoms with Gasteiger partial charge in [-0.2, -0.15) is 24.3 Å². The topological polar surface area (TPSA) is 24.9 Å². The van der Waals surface area contributed by atoms with Crippen LogP contribution in [0.3, 0.4) is 0 Å². The Morgan fingerprint density at radius 2 is 1.50 bits per heavy atom. The summed E-state index contributed by atoms with van der Waals surface area (Å²) in [6.45, 7) is 10.1. The van der Waals surface area contributed by atoms with Gasteiger partial charge in [0.25, 0.3) is 0 Å². The van der Waals surface area contributed by atoms with Crippen molar-refractivity contribution in [1.82, 2.24) is 4.98 Å². The smallest absolute Gasteiger partial charge is 0.176 e. The maximum Gasteiger partial charge on any atom is 0.176 e. The van der Waals surface area contributed by atoms with E-state index in [4.69, 9.17) is 4.98 Å². The summed E-state index contributed by atoms with van der Waals surface area (Å²) in [5, 5.41) is 4.38. The third-order valence-corrected chi connectivity index (χ3v) is 5.54. The van der Waals surface area contributed by atoms with Crippen molar-refractivity contribution in [3.05, 3.63) is 107 Å². The van der Waals surface area contributed by atoms with Gasteiger partial charge < -0.3 is 11.7 Å². The summed E-state index contributed by atoms with van der Waals surface area (Å²) in [7, 11) is 0. The Balaban J connectivity index is 0.000000643. The zero-order chi connectivity index (χ0) is 23.9. The summed E-state index contributed by atoms with van der Waals surface area (Å²) in [5.41, 5.74) is 5.74. The molecule has 0 bridgehead atoms. The maximum atomic E-state index is 4.91. The van der Waals surface area contributed by atoms with E-state index in [-0.39, 0.29) is 32.7 Å². The molecule has 1 fully saturated rings. The van der Waals surface area contributed by atoms with Crippen LogP contribution in [-0.2, 0) is 39.1 Å². The number of hydrogen-bond acceptors (Lipinski definition) is 3. The molecule has 0 atom stereocenters. The molecule has 1 aromatic heterocycles. The summed E-state index contributed by atoms with van der Waals surface area (Å²) < 4.78 is 0. The molecule has 4 heteroatoms. The zero-order valence-corrected chi connectivity index (χ0v) is 24.8. The summed E-state index contributed by atoms with van der Waals surface area (Å²) >= 11 is 1.72. The van der Waals surface area contributed by atoms with Crippen molar-refractivity contribution in [2.45, 2.75) is 53.9 Å². The van der Waals surface area contributed by atoms with Gasteiger partial charge in [0, 0.05) is 49.6 Å². The fourth-order valence-electron chi connectivity index (χ4n) is 2.89. The second-order valence-corrected chi connectivity index (χ2v) is 8.13. The van der Waals surface area contributed by atoms with Crippen LogP contribution in [0.2, 0.25) is 0 Å². The molecule has 2 nitrogen and oxygen atoms in total. The van der Waals surface area contributed by atoms with Crippen LogP contribution < -0.4 is 5.32 Å². The monoisotopic (exact) mass is 545 g/mol. The van der Waals surface area contributed by atoms with Crippen LogP contribution in [0, 0.1) is 19.4 Å². The van der Waals surface area contributed by atoms with Gasteiger partial charge in [0.2, 0.25) is 0 Å². The van der Waals surface area contributed by atoms with Gasteiger partial charge in [0.05, 0.1) is 5.69 Å². The Morgan fingerprint density at radius 1 is 0.912 bits per heavy atom. The molecule has 1 radical (unpaired) electrons. The standard InChI is InChI=1S/C23H19N2S.C3H5.2C2H6.Y/c1-17-10-8-9-15-20(17)24-23-25-22(19-13-6-3-7-14-19)21(26-23)16-18-11-4-2-5-12-18;1-2-3-1;2*1-2;/h2-8,10-15H,16H2,1H3,(H,24,25);1H,2-3H2;2*1-2H3;/q2*-1;;;. The molecule has 1 N–H and O–H groups in total. The van der Waals surface area contributed by atoms with E-state index in [1.54, 1.807) is 11.3 Å². The third kappa shape index (κ3) is 10.2. The Bertz CT molecular complexity index is 1040. The largest absolute Gasteiger partial charge is 0.385 e. The average Bonchev–Trinajstić information content (AvgIpc) is 3.72. The molecule has 177 valence electrons. The Hall–Kier alpha value is -1.81. The summed E-state index contributed by atoms with van der Waals surface area (Å²) in [6.07, 6.45) is 5.88. The van der Waals surface area contributed by atoms with Crippen LogP contribution in [-0.4, -0.2) is 4.98 Å². The Kier molecular flexibility index (Phi) is 15.6. The molecule has 0 saturated heterocycles. The number of anilines is 2. The number of hydrogen-bond donors (Lipinski definition) is 1. The number of aryl methyl sites for hydroxylation is 1. The zero-order valence-electron chi connectivity index (χ0n) is 21.1. The van der Waals surface area contributed by atoms with Crippen molar-refractivity contribution in [3.8, 4) is 11.3 Å². The molecule has 4 aromatic rings. The quantitative estimate of drug-likeness (QED) is 0.253. The van der Waals surface area contributed by atoms with E-state index in [1.165, 1.54) is 28.8 Å². The van der Waals surface area contributed by atoms with Crippen LogP contribution >= 0.6 is 11.3 Å². The first-order chi connectivity index (χ1) is 16.3. The second kappa shape index (κ2) is 17.6. The first-order valence-electron chi connectivity index (χ1n) is 11.9. The van der Waals surface area contributed by atoms with Gasteiger partial charge in [-0.25, -0.2) is 17.8 Å². The van der Waals surface area contributed by atoms with Gasteiger partial charge in [-0.15, -0.1) is 16.9 Å². The summed E-state index contributed by atoms with van der Waals surface area (Å²) in [5.74, 6) is 0. The van der Waals surface area contributed by atoms with Gasteiger partial charge in [0.15, 0.2) is 5.13 Å². The third-order valence-electron chi connectivity index (χ3n) is 4.56. The molecule has 34 heavy (non-hydrogen) atoms. The Labute approximate surface area is 236 Å². The van der Waals surface area contributed by atoms with E-state index >= 15 is 0 Å². The first-order valence-corrected chi connectivity index (χ1v) is 12.8. The van der Waals surface area contributed by atoms with Gasteiger partial charge in [-0.05, 0) is 5.56 Å². The fraction of sp³-hybridized carbons (Fsp3) is 0.267. The second-order valence-electron chi connectivity index (χ2n) is 7.05. The van der Waals surface area contributed by atoms with Crippen LogP contribution in [0.15, 0.2) is 78.9 Å². The summed E-state index contributed by atoms with van der Waals surface area (Å²) in [6, 6.07) is 30.0. The first kappa shape index (κ1) is 30.2. The van der Waals surface area contributed by atoms with Crippen molar-refractivity contribution >= 4 is 22.2 Å². The van der Waals surface area contributed by atoms with Crippen molar-refractivity contribution in [2.75, 3.05) is 5.32 Å². The molecular formula is C30H36N2SY-2. The molecule has 1 saturated carbocycles. The number of aromatic nitrogens is 1. The molecule has 0 amide bonds. The van der Waals surface area contributed by atoms with E-state index < -0.39 is 0 Å². The summed E-state index contributed by atoms with van der Waals surface area (Å²) in [4.78, 5) is 6.17. The van der Waals surface area contributed by atoms with E-state index in [1.807, 2.05) is 45.9 Å². The Morgan fingerprint density at radius 3 is 2.06 bits per heavy atom. The maximum absolute atomic E-state index is 4.91. The van der Waals surface area contributed by atoms with Crippen molar-refractivity contribution in [3.63, 3.8) is 0 Å². The number of thiazole rings is 1. The number of benzene rings is 3. The minimum atomic E-state index is 0. The molecule has 1 heterocycles. The predicted molar refractivity (Wildman–Crippen MR) is 146 cm³/mol. The number of nitrogens with zero attached hydrogens (tertiary/aromatic N) is 1. The van der Waals surface area contributed by atoms with Crippen LogP contribution in [0.25, 0.3) is 11.3 Å². The van der Waals surface area contributed by atoms with E-state index in [9.17, 15) is 0 Å². The fourth-order valence-corrected chi connectivity index (χ4v) is 3.92. The molecule has 5 rings (SSSR count). The number of nitrogens with one attached hydrogen (secondary N) is 1. The van der Waals surface area contributed by atoms with Crippen molar-refractivity contribution in [1.29, 1.82) is 0 Å². The SMILES string of the molecule is CC.CC.Cc1cc[c-]cc1Nc1nc(-c2ccccc2)c(Cc2ccccc2)s1.[CH-]1CC1.[Y]. The molecule has 1 aliphatic rings. The van der Waals surface area contributed by atoms with Gasteiger partial charge >= 0.3 is 0 Å². The minimum Gasteiger partial charge on any atom is -0.385 e. The van der Waals surface area contributed by atoms with E-state index in [0.717, 1.165) is 28.5 Å². The van der Waals surface area contributed by atoms with Crippen molar-refractivity contribution < 1.29 is 32.7 Å². The molecule has 1 aliphatic carbocycles. The van der Waals surface area contributed by atoms with Gasteiger partial charge in [0.1, 0.15) is 0 Å². The molecule has 0 aliphatic heterocycles. The van der Waals surface area contributed by atoms with E-state index in [2.05, 4.69) is 85.4 Å². The predicted octanol–water partition coefficient (Wildman–Crippen LogP) is 9.29. The molecule has 0 spiro atoms. The van der Waals surface area contributed by atoms with Gasteiger partial charge in [-0.3, -0.25) is 0 Å².